The van der Waals surface area contributed by atoms with Gasteiger partial charge in [0.1, 0.15) is 0 Å². The monoisotopic (exact) mass is 264 g/mol. The molecule has 0 aliphatic heterocycles. The fraction of sp³-hybridized carbons (Fsp3) is 0.842. The molecule has 0 bridgehead atoms. The summed E-state index contributed by atoms with van der Waals surface area (Å²) in [5.41, 5.74) is 0. The summed E-state index contributed by atoms with van der Waals surface area (Å²) in [5.74, 6) is 0. The van der Waals surface area contributed by atoms with E-state index in [0.29, 0.717) is 0 Å². The first kappa shape index (κ1) is 18.7. The lowest BCUT2D eigenvalue weighted by molar-refractivity contribution is 0.534. The third-order valence-corrected chi connectivity index (χ3v) is 3.87. The number of rotatable bonds is 16. The predicted molar refractivity (Wildman–Crippen MR) is 88.1 cm³/mol. The molecule has 0 aromatic rings. The van der Waals surface area contributed by atoms with E-state index >= 15 is 0 Å². The number of unbranched alkanes of at least 4 members (excludes halogenated alkanes) is 15. The van der Waals surface area contributed by atoms with E-state index in [4.69, 9.17) is 6.58 Å². The summed E-state index contributed by atoms with van der Waals surface area (Å²) < 4.78 is 0. The second-order valence-corrected chi connectivity index (χ2v) is 5.83. The van der Waals surface area contributed by atoms with Crippen molar-refractivity contribution in [3.05, 3.63) is 19.6 Å². The molecule has 0 amide bonds. The van der Waals surface area contributed by atoms with Crippen molar-refractivity contribution in [2.45, 2.75) is 103 Å². The predicted octanol–water partition coefficient (Wildman–Crippen LogP) is 7.05. The van der Waals surface area contributed by atoms with Gasteiger partial charge in [-0.2, -0.15) is 0 Å². The van der Waals surface area contributed by atoms with E-state index in [2.05, 4.69) is 6.92 Å². The molecular weight excluding hydrogens is 228 g/mol. The van der Waals surface area contributed by atoms with Gasteiger partial charge in [0.25, 0.3) is 0 Å². The van der Waals surface area contributed by atoms with Crippen LogP contribution in [0.2, 0.25) is 0 Å². The van der Waals surface area contributed by atoms with Crippen LogP contribution in [0.5, 0.6) is 0 Å². The summed E-state index contributed by atoms with van der Waals surface area (Å²) in [6, 6.07) is 0. The van der Waals surface area contributed by atoms with E-state index in [9.17, 15) is 0 Å². The molecule has 0 atom stereocenters. The van der Waals surface area contributed by atoms with Crippen LogP contribution in [-0.2, 0) is 0 Å². The molecule has 0 fully saturated rings. The highest BCUT2D eigenvalue weighted by Crippen LogP contribution is 2.13. The average Bonchev–Trinajstić information content (AvgIpc) is 2.43. The molecule has 0 N–H and O–H groups in total. The summed E-state index contributed by atoms with van der Waals surface area (Å²) in [5, 5.41) is 0. The molecular formula is C19H36. The fourth-order valence-corrected chi connectivity index (χ4v) is 2.56. The molecule has 0 rings (SSSR count). The minimum Gasteiger partial charge on any atom is -0.0845 e. The first-order chi connectivity index (χ1) is 9.41. The lowest BCUT2D eigenvalue weighted by Gasteiger charge is -2.03. The summed E-state index contributed by atoms with van der Waals surface area (Å²) in [6.45, 7) is 9.24. The first-order valence-electron chi connectivity index (χ1n) is 8.74. The highest BCUT2D eigenvalue weighted by Gasteiger charge is 1.93. The third-order valence-electron chi connectivity index (χ3n) is 3.87. The van der Waals surface area contributed by atoms with E-state index in [-0.39, 0.29) is 0 Å². The zero-order chi connectivity index (χ0) is 14.0. The molecule has 0 unspecified atom stereocenters. The van der Waals surface area contributed by atoms with Crippen molar-refractivity contribution >= 4 is 0 Å². The molecule has 112 valence electrons. The van der Waals surface area contributed by atoms with Gasteiger partial charge in [-0.05, 0) is 12.8 Å². The fourth-order valence-electron chi connectivity index (χ4n) is 2.56. The van der Waals surface area contributed by atoms with Gasteiger partial charge in [0.2, 0.25) is 0 Å². The van der Waals surface area contributed by atoms with E-state index in [1.165, 1.54) is 89.9 Å². The van der Waals surface area contributed by atoms with Gasteiger partial charge in [-0.1, -0.05) is 109 Å². The Kier molecular flexibility index (Phi) is 17.5. The van der Waals surface area contributed by atoms with Crippen LogP contribution in [0.15, 0.2) is 6.08 Å². The van der Waals surface area contributed by atoms with Gasteiger partial charge in [-0.3, -0.25) is 0 Å². The van der Waals surface area contributed by atoms with Crippen molar-refractivity contribution in [3.8, 4) is 0 Å². The smallest absolute Gasteiger partial charge is 0.0348 e. The molecule has 0 aliphatic carbocycles. The van der Waals surface area contributed by atoms with Crippen LogP contribution in [0.4, 0.5) is 0 Å². The maximum atomic E-state index is 5.36. The molecule has 2 radical (unpaired) electrons. The lowest BCUT2D eigenvalue weighted by atomic mass is 10.0. The molecule has 0 saturated carbocycles. The average molecular weight is 264 g/mol. The Morgan fingerprint density at radius 1 is 0.526 bits per heavy atom. The van der Waals surface area contributed by atoms with Gasteiger partial charge < -0.3 is 0 Å². The van der Waals surface area contributed by atoms with Crippen molar-refractivity contribution in [3.63, 3.8) is 0 Å². The lowest BCUT2D eigenvalue weighted by Crippen LogP contribution is -1.83. The Labute approximate surface area is 123 Å². The van der Waals surface area contributed by atoms with Gasteiger partial charge in [0.15, 0.2) is 0 Å². The SMILES string of the molecule is [CH]=CCCCCCCCCCCCCCCCC[CH2]. The Bertz CT molecular complexity index is 159. The van der Waals surface area contributed by atoms with Crippen LogP contribution in [0.25, 0.3) is 0 Å². The second-order valence-electron chi connectivity index (χ2n) is 5.83. The summed E-state index contributed by atoms with van der Waals surface area (Å²) >= 11 is 0. The number of hydrogen-bond donors (Lipinski definition) is 0. The summed E-state index contributed by atoms with van der Waals surface area (Å²) in [7, 11) is 0. The normalized spacial score (nSPS) is 10.8. The molecule has 19 heavy (non-hydrogen) atoms. The van der Waals surface area contributed by atoms with Crippen molar-refractivity contribution in [1.82, 2.24) is 0 Å². The van der Waals surface area contributed by atoms with Crippen molar-refractivity contribution < 1.29 is 0 Å². The largest absolute Gasteiger partial charge is 0.0845 e. The zero-order valence-electron chi connectivity index (χ0n) is 13.2. The first-order valence-corrected chi connectivity index (χ1v) is 8.74. The molecule has 0 aromatic heterocycles. The van der Waals surface area contributed by atoms with E-state index in [0.717, 1.165) is 12.8 Å². The molecule has 0 aromatic carbocycles. The number of hydrogen-bond acceptors (Lipinski definition) is 0. The molecule has 0 spiro atoms. The van der Waals surface area contributed by atoms with Crippen LogP contribution >= 0.6 is 0 Å². The highest BCUT2D eigenvalue weighted by molar-refractivity contribution is 4.61. The maximum Gasteiger partial charge on any atom is -0.0348 e. The van der Waals surface area contributed by atoms with Crippen LogP contribution < -0.4 is 0 Å². The Hall–Kier alpha value is -0.260. The number of allylic oxidation sites excluding steroid dienone is 1. The van der Waals surface area contributed by atoms with E-state index in [1.807, 2.05) is 0 Å². The van der Waals surface area contributed by atoms with Crippen molar-refractivity contribution in [2.75, 3.05) is 0 Å². The standard InChI is InChI=1S/C19H36/c1-3-5-7-9-11-13-15-17-19-18-16-14-12-10-8-6-4-2/h1,3H,2,4-19H2. The molecule has 0 nitrogen and oxygen atoms in total. The Morgan fingerprint density at radius 3 is 1.16 bits per heavy atom. The third kappa shape index (κ3) is 17.7. The van der Waals surface area contributed by atoms with Crippen molar-refractivity contribution in [2.24, 2.45) is 0 Å². The van der Waals surface area contributed by atoms with Gasteiger partial charge >= 0.3 is 0 Å². The van der Waals surface area contributed by atoms with Crippen LogP contribution in [-0.4, -0.2) is 0 Å². The Balaban J connectivity index is 2.89. The van der Waals surface area contributed by atoms with Gasteiger partial charge in [-0.15, -0.1) is 0 Å². The topological polar surface area (TPSA) is 0 Å². The van der Waals surface area contributed by atoms with Crippen LogP contribution in [0.3, 0.4) is 0 Å². The molecule has 0 heteroatoms. The van der Waals surface area contributed by atoms with Gasteiger partial charge in [0.05, 0.1) is 0 Å². The minimum absolute atomic E-state index is 1.09. The van der Waals surface area contributed by atoms with E-state index in [1.54, 1.807) is 6.08 Å². The van der Waals surface area contributed by atoms with E-state index < -0.39 is 0 Å². The maximum absolute atomic E-state index is 5.36. The van der Waals surface area contributed by atoms with Crippen molar-refractivity contribution in [1.29, 1.82) is 0 Å². The van der Waals surface area contributed by atoms with Crippen LogP contribution in [0, 0.1) is 13.5 Å². The highest BCUT2D eigenvalue weighted by atomic mass is 14.0. The molecule has 0 saturated heterocycles. The summed E-state index contributed by atoms with van der Waals surface area (Å²) in [6.07, 6.45) is 23.8. The zero-order valence-corrected chi connectivity index (χ0v) is 13.2. The quantitative estimate of drug-likeness (QED) is 0.262. The second kappa shape index (κ2) is 17.7. The molecule has 0 heterocycles. The van der Waals surface area contributed by atoms with Gasteiger partial charge in [-0.25, -0.2) is 0 Å². The molecule has 0 aliphatic rings. The van der Waals surface area contributed by atoms with Crippen LogP contribution in [0.1, 0.15) is 103 Å². The summed E-state index contributed by atoms with van der Waals surface area (Å²) in [4.78, 5) is 0. The van der Waals surface area contributed by atoms with Gasteiger partial charge in [0, 0.05) is 0 Å². The Morgan fingerprint density at radius 2 is 0.842 bits per heavy atom. The minimum atomic E-state index is 1.09.